The Bertz CT molecular complexity index is 1170. The molecule has 134 valence electrons. The minimum atomic E-state index is -0.379. The van der Waals surface area contributed by atoms with Crippen molar-refractivity contribution >= 4 is 34.2 Å². The summed E-state index contributed by atoms with van der Waals surface area (Å²) in [5, 5.41) is 1.81. The average molecular weight is 397 g/mol. The molecule has 0 atom stereocenters. The highest BCUT2D eigenvalue weighted by molar-refractivity contribution is 6.42. The molecule has 0 N–H and O–H groups in total. The SMILES string of the molecule is O=c1oc2cc(OCc3ccc(Cl)c(Cl)c3)ccc2cc1-c1ccccc1. The van der Waals surface area contributed by atoms with Gasteiger partial charge < -0.3 is 9.15 Å². The van der Waals surface area contributed by atoms with Crippen molar-refractivity contribution in [3.63, 3.8) is 0 Å². The fourth-order valence-corrected chi connectivity index (χ4v) is 3.12. The molecule has 0 saturated heterocycles. The number of ether oxygens (including phenoxy) is 1. The first-order valence-corrected chi connectivity index (χ1v) is 9.06. The van der Waals surface area contributed by atoms with Gasteiger partial charge in [-0.25, -0.2) is 4.79 Å². The van der Waals surface area contributed by atoms with E-state index in [-0.39, 0.29) is 5.63 Å². The summed E-state index contributed by atoms with van der Waals surface area (Å²) < 4.78 is 11.3. The zero-order valence-corrected chi connectivity index (χ0v) is 15.6. The van der Waals surface area contributed by atoms with Crippen LogP contribution in [0.3, 0.4) is 0 Å². The van der Waals surface area contributed by atoms with Crippen LogP contribution in [0.5, 0.6) is 5.75 Å². The molecule has 5 heteroatoms. The largest absolute Gasteiger partial charge is 0.489 e. The Morgan fingerprint density at radius 3 is 2.44 bits per heavy atom. The molecule has 0 spiro atoms. The Morgan fingerprint density at radius 1 is 0.852 bits per heavy atom. The summed E-state index contributed by atoms with van der Waals surface area (Å²) in [7, 11) is 0. The third-order valence-electron chi connectivity index (χ3n) is 4.18. The van der Waals surface area contributed by atoms with Crippen molar-refractivity contribution in [1.82, 2.24) is 0 Å². The Morgan fingerprint density at radius 2 is 1.67 bits per heavy atom. The molecule has 0 radical (unpaired) electrons. The van der Waals surface area contributed by atoms with Crippen LogP contribution in [-0.4, -0.2) is 0 Å². The third kappa shape index (κ3) is 3.85. The predicted molar refractivity (Wildman–Crippen MR) is 109 cm³/mol. The fraction of sp³-hybridized carbons (Fsp3) is 0.0455. The van der Waals surface area contributed by atoms with Crippen LogP contribution in [0.2, 0.25) is 10.0 Å². The van der Waals surface area contributed by atoms with Gasteiger partial charge in [0, 0.05) is 11.5 Å². The normalized spacial score (nSPS) is 10.9. The number of rotatable bonds is 4. The molecule has 4 aromatic rings. The summed E-state index contributed by atoms with van der Waals surface area (Å²) in [6.45, 7) is 0.328. The highest BCUT2D eigenvalue weighted by atomic mass is 35.5. The molecule has 1 heterocycles. The quantitative estimate of drug-likeness (QED) is 0.377. The lowest BCUT2D eigenvalue weighted by molar-refractivity contribution is 0.306. The lowest BCUT2D eigenvalue weighted by atomic mass is 10.1. The first-order valence-electron chi connectivity index (χ1n) is 8.30. The van der Waals surface area contributed by atoms with E-state index < -0.39 is 0 Å². The van der Waals surface area contributed by atoms with E-state index in [1.165, 1.54) is 0 Å². The highest BCUT2D eigenvalue weighted by Gasteiger charge is 2.09. The van der Waals surface area contributed by atoms with Crippen LogP contribution in [0.4, 0.5) is 0 Å². The number of hydrogen-bond acceptors (Lipinski definition) is 3. The monoisotopic (exact) mass is 396 g/mol. The highest BCUT2D eigenvalue weighted by Crippen LogP contribution is 2.26. The van der Waals surface area contributed by atoms with Crippen LogP contribution >= 0.6 is 23.2 Å². The molecule has 0 fully saturated rings. The van der Waals surface area contributed by atoms with Crippen molar-refractivity contribution in [2.24, 2.45) is 0 Å². The first kappa shape index (κ1) is 17.7. The second kappa shape index (κ2) is 7.47. The first-order chi connectivity index (χ1) is 13.1. The van der Waals surface area contributed by atoms with Crippen molar-refractivity contribution in [2.45, 2.75) is 6.61 Å². The lowest BCUT2D eigenvalue weighted by Gasteiger charge is -2.08. The van der Waals surface area contributed by atoms with Gasteiger partial charge in [0.1, 0.15) is 17.9 Å². The summed E-state index contributed by atoms with van der Waals surface area (Å²) in [5.41, 5.74) is 2.35. The molecule has 0 amide bonds. The lowest BCUT2D eigenvalue weighted by Crippen LogP contribution is -2.02. The summed E-state index contributed by atoms with van der Waals surface area (Å²) in [6, 6.07) is 22.0. The molecular formula is C22H14Cl2O3. The van der Waals surface area contributed by atoms with Crippen LogP contribution in [-0.2, 0) is 6.61 Å². The van der Waals surface area contributed by atoms with Crippen LogP contribution in [0.15, 0.2) is 82.0 Å². The van der Waals surface area contributed by atoms with Crippen LogP contribution in [0, 0.1) is 0 Å². The summed E-state index contributed by atoms with van der Waals surface area (Å²) in [6.07, 6.45) is 0. The maximum atomic E-state index is 12.4. The van der Waals surface area contributed by atoms with Crippen LogP contribution in [0.25, 0.3) is 22.1 Å². The maximum Gasteiger partial charge on any atom is 0.344 e. The second-order valence-corrected chi connectivity index (χ2v) is 6.86. The van der Waals surface area contributed by atoms with Gasteiger partial charge in [0.05, 0.1) is 15.6 Å². The number of hydrogen-bond donors (Lipinski definition) is 0. The molecule has 27 heavy (non-hydrogen) atoms. The number of fused-ring (bicyclic) bond motifs is 1. The molecule has 0 aliphatic rings. The van der Waals surface area contributed by atoms with Crippen molar-refractivity contribution in [1.29, 1.82) is 0 Å². The Balaban J connectivity index is 1.61. The summed E-state index contributed by atoms with van der Waals surface area (Å²) in [5.74, 6) is 0.601. The molecule has 0 aliphatic heterocycles. The van der Waals surface area contributed by atoms with Gasteiger partial charge >= 0.3 is 5.63 Å². The van der Waals surface area contributed by atoms with Crippen molar-refractivity contribution in [2.75, 3.05) is 0 Å². The van der Waals surface area contributed by atoms with Gasteiger partial charge in [-0.3, -0.25) is 0 Å². The molecule has 0 aliphatic carbocycles. The zero-order valence-electron chi connectivity index (χ0n) is 14.1. The van der Waals surface area contributed by atoms with E-state index in [0.29, 0.717) is 33.5 Å². The van der Waals surface area contributed by atoms with Crippen LogP contribution < -0.4 is 10.4 Å². The van der Waals surface area contributed by atoms with E-state index >= 15 is 0 Å². The van der Waals surface area contributed by atoms with Gasteiger partial charge in [0.2, 0.25) is 0 Å². The molecule has 4 rings (SSSR count). The molecule has 3 aromatic carbocycles. The second-order valence-electron chi connectivity index (χ2n) is 6.05. The van der Waals surface area contributed by atoms with Crippen molar-refractivity contribution in [3.05, 3.63) is 98.8 Å². The maximum absolute atomic E-state index is 12.4. The number of halogens is 2. The zero-order chi connectivity index (χ0) is 18.8. The van der Waals surface area contributed by atoms with E-state index in [2.05, 4.69) is 0 Å². The average Bonchev–Trinajstić information content (AvgIpc) is 2.69. The molecular weight excluding hydrogens is 383 g/mol. The van der Waals surface area contributed by atoms with Crippen LogP contribution in [0.1, 0.15) is 5.56 Å². The molecule has 0 unspecified atom stereocenters. The Kier molecular flexibility index (Phi) is 4.88. The molecule has 3 nitrogen and oxygen atoms in total. The number of benzene rings is 3. The van der Waals surface area contributed by atoms with Gasteiger partial charge in [-0.05, 0) is 41.5 Å². The van der Waals surface area contributed by atoms with Gasteiger partial charge in [-0.15, -0.1) is 0 Å². The summed E-state index contributed by atoms with van der Waals surface area (Å²) in [4.78, 5) is 12.4. The van der Waals surface area contributed by atoms with E-state index in [1.807, 2.05) is 54.6 Å². The van der Waals surface area contributed by atoms with Gasteiger partial charge in [-0.1, -0.05) is 59.6 Å². The van der Waals surface area contributed by atoms with Gasteiger partial charge in [-0.2, -0.15) is 0 Å². The minimum absolute atomic E-state index is 0.328. The Hall–Kier alpha value is -2.75. The predicted octanol–water partition coefficient (Wildman–Crippen LogP) is 6.35. The third-order valence-corrected chi connectivity index (χ3v) is 4.92. The minimum Gasteiger partial charge on any atom is -0.489 e. The van der Waals surface area contributed by atoms with E-state index in [4.69, 9.17) is 32.4 Å². The molecule has 0 bridgehead atoms. The van der Waals surface area contributed by atoms with E-state index in [1.54, 1.807) is 18.2 Å². The molecule has 0 saturated carbocycles. The van der Waals surface area contributed by atoms with E-state index in [0.717, 1.165) is 16.5 Å². The van der Waals surface area contributed by atoms with Crippen molar-refractivity contribution in [3.8, 4) is 16.9 Å². The summed E-state index contributed by atoms with van der Waals surface area (Å²) >= 11 is 11.9. The van der Waals surface area contributed by atoms with E-state index in [9.17, 15) is 4.79 Å². The molecule has 1 aromatic heterocycles. The Labute approximate surface area is 165 Å². The van der Waals surface area contributed by atoms with Gasteiger partial charge in [0.15, 0.2) is 0 Å². The fourth-order valence-electron chi connectivity index (χ4n) is 2.80. The van der Waals surface area contributed by atoms with Gasteiger partial charge in [0.25, 0.3) is 0 Å². The topological polar surface area (TPSA) is 39.4 Å². The smallest absolute Gasteiger partial charge is 0.344 e. The standard InChI is InChI=1S/C22H14Cl2O3/c23-19-9-6-14(10-20(19)24)13-26-17-8-7-16-11-18(15-4-2-1-3-5-15)22(25)27-21(16)12-17/h1-12H,13H2. The van der Waals surface area contributed by atoms with Crippen molar-refractivity contribution < 1.29 is 9.15 Å².